The lowest BCUT2D eigenvalue weighted by Crippen LogP contribution is -2.09. The number of ether oxygens (including phenoxy) is 1. The lowest BCUT2D eigenvalue weighted by Gasteiger charge is -2.07. The van der Waals surface area contributed by atoms with E-state index >= 15 is 0 Å². The number of carbonyl (C=O) groups excluding carboxylic acids is 1. The molecule has 3 rings (SSSR count). The van der Waals surface area contributed by atoms with Crippen LogP contribution in [0.25, 0.3) is 11.5 Å². The molecule has 0 aliphatic heterocycles. The highest BCUT2D eigenvalue weighted by Crippen LogP contribution is 2.26. The molecule has 0 amide bonds. The molecule has 0 bridgehead atoms. The van der Waals surface area contributed by atoms with E-state index in [2.05, 4.69) is 10.2 Å². The number of esters is 1. The summed E-state index contributed by atoms with van der Waals surface area (Å²) in [5.74, 6) is -0.957. The maximum Gasteiger partial charge on any atom is 0.345 e. The number of carbonyl (C=O) groups is 1. The van der Waals surface area contributed by atoms with Crippen molar-refractivity contribution in [3.63, 3.8) is 0 Å². The van der Waals surface area contributed by atoms with Crippen LogP contribution in [0, 0.1) is 5.82 Å². The summed E-state index contributed by atoms with van der Waals surface area (Å²) < 4.78 is 23.6. The smallest absolute Gasteiger partial charge is 0.345 e. The van der Waals surface area contributed by atoms with Crippen molar-refractivity contribution < 1.29 is 18.3 Å². The molecular weight excluding hydrogens is 346 g/mol. The van der Waals surface area contributed by atoms with Gasteiger partial charge in [-0.05, 0) is 36.4 Å². The minimum absolute atomic E-state index is 0.00359. The second-order valence-electron chi connectivity index (χ2n) is 4.40. The van der Waals surface area contributed by atoms with Gasteiger partial charge in [-0.2, -0.15) is 0 Å². The number of hydrogen-bond acceptors (Lipinski definition) is 5. The minimum Gasteiger partial charge on any atom is -0.423 e. The Labute approximate surface area is 139 Å². The Morgan fingerprint density at radius 2 is 1.87 bits per heavy atom. The predicted molar refractivity (Wildman–Crippen MR) is 81.1 cm³/mol. The summed E-state index contributed by atoms with van der Waals surface area (Å²) >= 11 is 11.5. The Morgan fingerprint density at radius 3 is 2.52 bits per heavy atom. The van der Waals surface area contributed by atoms with Crippen LogP contribution < -0.4 is 4.74 Å². The van der Waals surface area contributed by atoms with Crippen LogP contribution in [0.2, 0.25) is 10.0 Å². The van der Waals surface area contributed by atoms with E-state index in [4.69, 9.17) is 32.4 Å². The van der Waals surface area contributed by atoms with Crippen molar-refractivity contribution in [3.8, 4) is 17.2 Å². The summed E-state index contributed by atoms with van der Waals surface area (Å²) in [6.07, 6.45) is 1.21. The molecule has 23 heavy (non-hydrogen) atoms. The summed E-state index contributed by atoms with van der Waals surface area (Å²) in [7, 11) is 0. The average Bonchev–Trinajstić information content (AvgIpc) is 3.06. The highest BCUT2D eigenvalue weighted by molar-refractivity contribution is 6.36. The van der Waals surface area contributed by atoms with Crippen LogP contribution in [-0.4, -0.2) is 16.2 Å². The molecule has 0 aliphatic rings. The fourth-order valence-corrected chi connectivity index (χ4v) is 2.27. The summed E-state index contributed by atoms with van der Waals surface area (Å²) in [5.41, 5.74) is 0.549. The summed E-state index contributed by atoms with van der Waals surface area (Å²) in [6, 6.07) is 8.43. The zero-order valence-corrected chi connectivity index (χ0v) is 12.8. The van der Waals surface area contributed by atoms with E-state index in [1.807, 2.05) is 0 Å². The molecule has 0 fully saturated rings. The van der Waals surface area contributed by atoms with E-state index in [1.54, 1.807) is 12.1 Å². The fourth-order valence-electron chi connectivity index (χ4n) is 1.81. The number of halogens is 3. The van der Waals surface area contributed by atoms with Crippen LogP contribution in [0.15, 0.2) is 47.2 Å². The fraction of sp³-hybridized carbons (Fsp3) is 0. The van der Waals surface area contributed by atoms with Gasteiger partial charge >= 0.3 is 5.97 Å². The molecule has 1 heterocycles. The summed E-state index contributed by atoms with van der Waals surface area (Å²) in [5, 5.41) is 7.16. The molecule has 8 heteroatoms. The van der Waals surface area contributed by atoms with Crippen molar-refractivity contribution in [1.29, 1.82) is 0 Å². The van der Waals surface area contributed by atoms with Crippen molar-refractivity contribution in [3.05, 3.63) is 64.2 Å². The SMILES string of the molecule is O=C(Oc1ccc(-c2nnco2)cc1)c1cc(F)c(Cl)cc1Cl. The largest absolute Gasteiger partial charge is 0.423 e. The monoisotopic (exact) mass is 352 g/mol. The number of nitrogens with zero attached hydrogens (tertiary/aromatic N) is 2. The molecule has 0 spiro atoms. The first-order valence-corrected chi connectivity index (χ1v) is 7.03. The van der Waals surface area contributed by atoms with Gasteiger partial charge < -0.3 is 9.15 Å². The first-order valence-electron chi connectivity index (χ1n) is 6.28. The minimum atomic E-state index is -0.795. The molecule has 0 radical (unpaired) electrons. The van der Waals surface area contributed by atoms with E-state index in [9.17, 15) is 9.18 Å². The van der Waals surface area contributed by atoms with Gasteiger partial charge in [-0.25, -0.2) is 9.18 Å². The maximum atomic E-state index is 13.4. The van der Waals surface area contributed by atoms with Crippen molar-refractivity contribution >= 4 is 29.2 Å². The molecule has 3 aromatic rings. The van der Waals surface area contributed by atoms with Crippen LogP contribution in [0.1, 0.15) is 10.4 Å². The second-order valence-corrected chi connectivity index (χ2v) is 5.22. The topological polar surface area (TPSA) is 65.2 Å². The van der Waals surface area contributed by atoms with Gasteiger partial charge in [-0.15, -0.1) is 10.2 Å². The number of aromatic nitrogens is 2. The van der Waals surface area contributed by atoms with Gasteiger partial charge in [0.2, 0.25) is 12.3 Å². The van der Waals surface area contributed by atoms with Crippen molar-refractivity contribution in [2.24, 2.45) is 0 Å². The summed E-state index contributed by atoms with van der Waals surface area (Å²) in [6.45, 7) is 0. The zero-order valence-electron chi connectivity index (χ0n) is 11.3. The van der Waals surface area contributed by atoms with Crippen LogP contribution in [0.3, 0.4) is 0 Å². The summed E-state index contributed by atoms with van der Waals surface area (Å²) in [4.78, 5) is 12.1. The molecule has 1 aromatic heterocycles. The Morgan fingerprint density at radius 1 is 1.13 bits per heavy atom. The Kier molecular flexibility index (Phi) is 4.27. The highest BCUT2D eigenvalue weighted by Gasteiger charge is 2.16. The molecule has 116 valence electrons. The van der Waals surface area contributed by atoms with Crippen LogP contribution >= 0.6 is 23.2 Å². The lowest BCUT2D eigenvalue weighted by molar-refractivity contribution is 0.0734. The number of rotatable bonds is 3. The Hall–Kier alpha value is -2.44. The molecule has 2 aromatic carbocycles. The van der Waals surface area contributed by atoms with E-state index in [0.29, 0.717) is 11.5 Å². The van der Waals surface area contributed by atoms with Gasteiger partial charge in [0.25, 0.3) is 0 Å². The Balaban J connectivity index is 1.79. The van der Waals surface area contributed by atoms with E-state index in [0.717, 1.165) is 12.1 Å². The van der Waals surface area contributed by atoms with Gasteiger partial charge in [-0.1, -0.05) is 23.2 Å². The first-order chi connectivity index (χ1) is 11.0. The van der Waals surface area contributed by atoms with E-state index < -0.39 is 11.8 Å². The third-order valence-electron chi connectivity index (χ3n) is 2.90. The van der Waals surface area contributed by atoms with E-state index in [-0.39, 0.29) is 21.4 Å². The van der Waals surface area contributed by atoms with E-state index in [1.165, 1.54) is 18.5 Å². The van der Waals surface area contributed by atoms with Gasteiger partial charge in [-0.3, -0.25) is 0 Å². The maximum absolute atomic E-state index is 13.4. The van der Waals surface area contributed by atoms with Gasteiger partial charge in [0, 0.05) is 5.56 Å². The third-order valence-corrected chi connectivity index (χ3v) is 3.50. The predicted octanol–water partition coefficient (Wildman–Crippen LogP) is 4.40. The molecule has 0 atom stereocenters. The van der Waals surface area contributed by atoms with Crippen LogP contribution in [-0.2, 0) is 0 Å². The van der Waals surface area contributed by atoms with Crippen molar-refractivity contribution in [2.75, 3.05) is 0 Å². The van der Waals surface area contributed by atoms with Gasteiger partial charge in [0.1, 0.15) is 11.6 Å². The Bertz CT molecular complexity index is 852. The second kappa shape index (κ2) is 6.36. The molecule has 0 N–H and O–H groups in total. The van der Waals surface area contributed by atoms with Crippen molar-refractivity contribution in [2.45, 2.75) is 0 Å². The third kappa shape index (κ3) is 3.33. The number of hydrogen-bond donors (Lipinski definition) is 0. The lowest BCUT2D eigenvalue weighted by atomic mass is 10.2. The molecule has 0 saturated carbocycles. The van der Waals surface area contributed by atoms with Gasteiger partial charge in [0.15, 0.2) is 0 Å². The van der Waals surface area contributed by atoms with Crippen LogP contribution in [0.4, 0.5) is 4.39 Å². The molecule has 0 unspecified atom stereocenters. The molecule has 5 nitrogen and oxygen atoms in total. The molecular formula is C15H7Cl2FN2O3. The average molecular weight is 353 g/mol. The zero-order chi connectivity index (χ0) is 16.4. The van der Waals surface area contributed by atoms with Crippen LogP contribution in [0.5, 0.6) is 5.75 Å². The standard InChI is InChI=1S/C15H7Cl2FN2O3/c16-11-6-12(17)13(18)5-10(11)15(21)23-9-3-1-8(2-4-9)14-20-19-7-22-14/h1-7H. The molecule has 0 saturated heterocycles. The normalized spacial score (nSPS) is 10.6. The number of benzene rings is 2. The first kappa shape index (κ1) is 15.5. The van der Waals surface area contributed by atoms with Gasteiger partial charge in [0.05, 0.1) is 15.6 Å². The van der Waals surface area contributed by atoms with Crippen molar-refractivity contribution in [1.82, 2.24) is 10.2 Å². The quantitative estimate of drug-likeness (QED) is 0.397. The molecule has 0 aliphatic carbocycles. The highest BCUT2D eigenvalue weighted by atomic mass is 35.5.